The van der Waals surface area contributed by atoms with Crippen molar-refractivity contribution in [1.29, 1.82) is 0 Å². The predicted molar refractivity (Wildman–Crippen MR) is 63.0 cm³/mol. The summed E-state index contributed by atoms with van der Waals surface area (Å²) in [6, 6.07) is 0. The third-order valence-corrected chi connectivity index (χ3v) is 2.42. The van der Waals surface area contributed by atoms with Gasteiger partial charge in [0.1, 0.15) is 6.11 Å². The molecule has 0 aromatic heterocycles. The summed E-state index contributed by atoms with van der Waals surface area (Å²) >= 11 is 0. The first-order chi connectivity index (χ1) is 7.56. The zero-order valence-electron chi connectivity index (χ0n) is 9.74. The molecule has 0 saturated carbocycles. The van der Waals surface area contributed by atoms with E-state index in [4.69, 9.17) is 4.55 Å². The van der Waals surface area contributed by atoms with Crippen molar-refractivity contribution in [2.24, 2.45) is 0 Å². The maximum absolute atomic E-state index is 10.1. The van der Waals surface area contributed by atoms with Crippen LogP contribution < -0.4 is 0 Å². The van der Waals surface area contributed by atoms with Crippen molar-refractivity contribution in [3.8, 4) is 12.0 Å². The van der Waals surface area contributed by atoms with E-state index in [1.165, 1.54) is 32.1 Å². The van der Waals surface area contributed by atoms with Crippen LogP contribution in [0.4, 0.5) is 0 Å². The highest BCUT2D eigenvalue weighted by molar-refractivity contribution is 7.81. The Balaban J connectivity index is 3.27. The largest absolute Gasteiger partial charge is 0.454 e. The third kappa shape index (κ3) is 13.3. The van der Waals surface area contributed by atoms with E-state index in [1.54, 1.807) is 0 Å². The molecule has 5 heteroatoms. The molecule has 0 rings (SSSR count). The second-order valence-electron chi connectivity index (χ2n) is 3.66. The van der Waals surface area contributed by atoms with Crippen LogP contribution in [0.1, 0.15) is 58.3 Å². The van der Waals surface area contributed by atoms with Crippen molar-refractivity contribution in [3.05, 3.63) is 0 Å². The molecule has 0 aromatic carbocycles. The Hall–Kier alpha value is -0.730. The van der Waals surface area contributed by atoms with E-state index in [-0.39, 0.29) is 0 Å². The summed E-state index contributed by atoms with van der Waals surface area (Å²) in [6.45, 7) is 2.19. The molecular formula is C11H20O4S. The van der Waals surface area contributed by atoms with Crippen molar-refractivity contribution in [2.75, 3.05) is 0 Å². The highest BCUT2D eigenvalue weighted by Gasteiger charge is 1.98. The maximum atomic E-state index is 10.1. The highest BCUT2D eigenvalue weighted by Crippen LogP contribution is 2.07. The quantitative estimate of drug-likeness (QED) is 0.407. The minimum absolute atomic E-state index is 0.600. The predicted octanol–water partition coefficient (Wildman–Crippen LogP) is 2.91. The molecule has 0 aliphatic rings. The lowest BCUT2D eigenvalue weighted by molar-refractivity contribution is 0.370. The molecule has 0 amide bonds. The van der Waals surface area contributed by atoms with Gasteiger partial charge in [-0.05, 0) is 6.42 Å². The molecule has 0 bridgehead atoms. The monoisotopic (exact) mass is 248 g/mol. The van der Waals surface area contributed by atoms with E-state index < -0.39 is 10.4 Å². The fourth-order valence-corrected chi connectivity index (χ4v) is 1.47. The van der Waals surface area contributed by atoms with Gasteiger partial charge in [-0.25, -0.2) is 0 Å². The van der Waals surface area contributed by atoms with E-state index in [1.807, 2.05) is 6.11 Å². The third-order valence-electron chi connectivity index (χ3n) is 2.12. The molecule has 0 fully saturated rings. The van der Waals surface area contributed by atoms with Crippen LogP contribution in [0.25, 0.3) is 0 Å². The second kappa shape index (κ2) is 9.49. The zero-order valence-corrected chi connectivity index (χ0v) is 10.6. The number of hydrogen-bond acceptors (Lipinski definition) is 3. The van der Waals surface area contributed by atoms with Crippen LogP contribution in [0, 0.1) is 12.0 Å². The average Bonchev–Trinajstić information content (AvgIpc) is 2.19. The Bertz CT molecular complexity index is 311. The molecule has 4 nitrogen and oxygen atoms in total. The molecule has 0 radical (unpaired) electrons. The van der Waals surface area contributed by atoms with E-state index in [9.17, 15) is 8.42 Å². The molecule has 94 valence electrons. The van der Waals surface area contributed by atoms with Crippen molar-refractivity contribution in [2.45, 2.75) is 58.3 Å². The van der Waals surface area contributed by atoms with Crippen LogP contribution in [0.5, 0.6) is 0 Å². The van der Waals surface area contributed by atoms with Gasteiger partial charge in [-0.15, -0.1) is 0 Å². The maximum Gasteiger partial charge on any atom is 0.454 e. The second-order valence-corrected chi connectivity index (χ2v) is 4.68. The molecule has 0 heterocycles. The Morgan fingerprint density at radius 2 is 1.62 bits per heavy atom. The van der Waals surface area contributed by atoms with Gasteiger partial charge in [0.25, 0.3) is 0 Å². The number of rotatable bonds is 8. The van der Waals surface area contributed by atoms with Gasteiger partial charge in [0.2, 0.25) is 0 Å². The first kappa shape index (κ1) is 15.3. The molecule has 0 spiro atoms. The minimum atomic E-state index is -4.41. The smallest absolute Gasteiger partial charge is 0.307 e. The molecule has 0 unspecified atom stereocenters. The first-order valence-electron chi connectivity index (χ1n) is 5.70. The van der Waals surface area contributed by atoms with Gasteiger partial charge >= 0.3 is 10.4 Å². The summed E-state index contributed by atoms with van der Waals surface area (Å²) < 4.78 is 32.2. The van der Waals surface area contributed by atoms with E-state index in [0.29, 0.717) is 6.42 Å². The summed E-state index contributed by atoms with van der Waals surface area (Å²) in [6.07, 6.45) is 10.9. The van der Waals surface area contributed by atoms with E-state index in [2.05, 4.69) is 17.0 Å². The fraction of sp³-hybridized carbons (Fsp3) is 0.818. The average molecular weight is 248 g/mol. The van der Waals surface area contributed by atoms with Crippen LogP contribution in [-0.2, 0) is 14.6 Å². The van der Waals surface area contributed by atoms with Crippen LogP contribution in [-0.4, -0.2) is 13.0 Å². The molecular weight excluding hydrogens is 228 g/mol. The van der Waals surface area contributed by atoms with Gasteiger partial charge in [0.15, 0.2) is 0 Å². The van der Waals surface area contributed by atoms with Gasteiger partial charge in [-0.2, -0.15) is 8.42 Å². The van der Waals surface area contributed by atoms with Crippen molar-refractivity contribution in [3.63, 3.8) is 0 Å². The minimum Gasteiger partial charge on any atom is -0.307 e. The summed E-state index contributed by atoms with van der Waals surface area (Å²) in [5.41, 5.74) is 0. The highest BCUT2D eigenvalue weighted by atomic mass is 32.3. The Morgan fingerprint density at radius 1 is 1.06 bits per heavy atom. The first-order valence-corrected chi connectivity index (χ1v) is 7.06. The van der Waals surface area contributed by atoms with Gasteiger partial charge in [-0.3, -0.25) is 4.55 Å². The molecule has 0 aliphatic carbocycles. The zero-order chi connectivity index (χ0) is 12.3. The summed E-state index contributed by atoms with van der Waals surface area (Å²) in [4.78, 5) is 0. The topological polar surface area (TPSA) is 63.6 Å². The normalized spacial score (nSPS) is 10.6. The lowest BCUT2D eigenvalue weighted by atomic mass is 10.1. The molecule has 0 atom stereocenters. The standard InChI is InChI=1S/C11H20O4S/c1-2-3-4-5-6-7-8-9-10-11-15-16(12,13)14/h2-9H2,1H3,(H,12,13,14). The van der Waals surface area contributed by atoms with Gasteiger partial charge in [-0.1, -0.05) is 51.4 Å². The van der Waals surface area contributed by atoms with Crippen LogP contribution >= 0.6 is 0 Å². The van der Waals surface area contributed by atoms with Crippen molar-refractivity contribution in [1.82, 2.24) is 0 Å². The van der Waals surface area contributed by atoms with Gasteiger partial charge in [0.05, 0.1) is 0 Å². The van der Waals surface area contributed by atoms with Gasteiger partial charge < -0.3 is 4.18 Å². The van der Waals surface area contributed by atoms with Crippen LogP contribution in [0.3, 0.4) is 0 Å². The summed E-state index contributed by atoms with van der Waals surface area (Å²) in [5, 5.41) is 0. The Kier molecular flexibility index (Phi) is 9.06. The fourth-order valence-electron chi connectivity index (χ4n) is 1.30. The Labute approximate surface area is 98.3 Å². The van der Waals surface area contributed by atoms with E-state index in [0.717, 1.165) is 12.8 Å². The van der Waals surface area contributed by atoms with Crippen LogP contribution in [0.15, 0.2) is 0 Å². The molecule has 1 N–H and O–H groups in total. The van der Waals surface area contributed by atoms with Crippen molar-refractivity contribution < 1.29 is 17.2 Å². The number of hydrogen-bond donors (Lipinski definition) is 1. The number of unbranched alkanes of at least 4 members (excludes halogenated alkanes) is 7. The Morgan fingerprint density at radius 3 is 2.19 bits per heavy atom. The summed E-state index contributed by atoms with van der Waals surface area (Å²) in [5.74, 6) is 2.53. The lowest BCUT2D eigenvalue weighted by Gasteiger charge is -1.97. The molecule has 16 heavy (non-hydrogen) atoms. The van der Waals surface area contributed by atoms with E-state index >= 15 is 0 Å². The molecule has 0 aromatic rings. The molecule has 0 aliphatic heterocycles. The SMILES string of the molecule is CCCCCCCCCC#COS(=O)(=O)O. The summed E-state index contributed by atoms with van der Waals surface area (Å²) in [7, 11) is -4.41. The van der Waals surface area contributed by atoms with Gasteiger partial charge in [0, 0.05) is 6.42 Å². The lowest BCUT2D eigenvalue weighted by Crippen LogP contribution is -1.97. The van der Waals surface area contributed by atoms with Crippen LogP contribution in [0.2, 0.25) is 0 Å². The molecule has 0 saturated heterocycles. The van der Waals surface area contributed by atoms with Crippen molar-refractivity contribution >= 4 is 10.4 Å².